The van der Waals surface area contributed by atoms with Crippen molar-refractivity contribution in [1.29, 1.82) is 0 Å². The van der Waals surface area contributed by atoms with E-state index in [1.54, 1.807) is 39.0 Å². The van der Waals surface area contributed by atoms with E-state index in [9.17, 15) is 4.79 Å². The van der Waals surface area contributed by atoms with Gasteiger partial charge in [0.15, 0.2) is 25.1 Å². The molecule has 0 fully saturated rings. The molecular formula is C24H36BrClF2N4O3SSi. The van der Waals surface area contributed by atoms with Crippen LogP contribution < -0.4 is 10.2 Å². The molecule has 2 rings (SSSR count). The Balaban J connectivity index is 2.58. The molecule has 0 radical (unpaired) electrons. The number of ether oxygens (including phenoxy) is 1. The molecule has 208 valence electrons. The van der Waals surface area contributed by atoms with Crippen LogP contribution in [0.4, 0.5) is 19.4 Å². The number of carbonyl (C=O) groups excluding carboxylic acids is 1. The predicted octanol–water partition coefficient (Wildman–Crippen LogP) is 7.40. The summed E-state index contributed by atoms with van der Waals surface area (Å²) in [4.78, 5) is 22.8. The molecule has 1 amide bonds. The Morgan fingerprint density at radius 3 is 2.30 bits per heavy atom. The minimum atomic E-state index is -2.19. The zero-order valence-corrected chi connectivity index (χ0v) is 27.1. The maximum atomic E-state index is 15.4. The molecule has 13 heteroatoms. The van der Waals surface area contributed by atoms with E-state index in [0.29, 0.717) is 0 Å². The molecular weight excluding hydrogens is 606 g/mol. The molecule has 0 spiro atoms. The van der Waals surface area contributed by atoms with Crippen molar-refractivity contribution in [2.24, 2.45) is 0 Å². The normalized spacial score (nSPS) is 13.6. The summed E-state index contributed by atoms with van der Waals surface area (Å²) in [6.45, 7) is 16.2. The fourth-order valence-corrected chi connectivity index (χ4v) is 5.00. The molecule has 0 saturated heterocycles. The number of benzene rings is 1. The van der Waals surface area contributed by atoms with E-state index >= 15 is 8.78 Å². The van der Waals surface area contributed by atoms with Crippen LogP contribution in [0.2, 0.25) is 23.2 Å². The molecule has 1 N–H and O–H groups in total. The Labute approximate surface area is 236 Å². The van der Waals surface area contributed by atoms with Gasteiger partial charge in [-0.25, -0.2) is 23.5 Å². The summed E-state index contributed by atoms with van der Waals surface area (Å²) >= 11 is 10.3. The molecule has 0 saturated carbocycles. The van der Waals surface area contributed by atoms with Crippen LogP contribution in [0, 0.1) is 11.6 Å². The maximum absolute atomic E-state index is 15.4. The van der Waals surface area contributed by atoms with Crippen LogP contribution in [0.3, 0.4) is 0 Å². The van der Waals surface area contributed by atoms with Crippen molar-refractivity contribution in [3.05, 3.63) is 21.1 Å². The Hall–Kier alpha value is -1.21. The SMILES string of the molecule is CSc1nc(N(C)[C@H](CNC(=O)OC(C)(C)C)CO[Si](C)(C)C(C)(C)C)c2c(F)c(Cl)c(Br)c(F)c2n1. The predicted molar refractivity (Wildman–Crippen MR) is 154 cm³/mol. The van der Waals surface area contributed by atoms with Crippen molar-refractivity contribution >= 4 is 70.4 Å². The van der Waals surface area contributed by atoms with Crippen molar-refractivity contribution in [3.8, 4) is 0 Å². The van der Waals surface area contributed by atoms with Crippen LogP contribution in [0.1, 0.15) is 41.5 Å². The Morgan fingerprint density at radius 2 is 1.78 bits per heavy atom. The minimum absolute atomic E-state index is 0.0581. The maximum Gasteiger partial charge on any atom is 0.407 e. The number of anilines is 1. The van der Waals surface area contributed by atoms with Gasteiger partial charge in [-0.15, -0.1) is 0 Å². The highest BCUT2D eigenvalue weighted by Gasteiger charge is 2.38. The number of fused-ring (bicyclic) bond motifs is 1. The van der Waals surface area contributed by atoms with Gasteiger partial charge >= 0.3 is 6.09 Å². The van der Waals surface area contributed by atoms with Gasteiger partial charge in [0, 0.05) is 13.6 Å². The van der Waals surface area contributed by atoms with Crippen molar-refractivity contribution in [2.45, 2.75) is 76.5 Å². The third kappa shape index (κ3) is 7.68. The Morgan fingerprint density at radius 1 is 1.19 bits per heavy atom. The number of hydrogen-bond acceptors (Lipinski definition) is 7. The number of thioether (sulfide) groups is 1. The summed E-state index contributed by atoms with van der Waals surface area (Å²) in [6.07, 6.45) is 1.14. The standard InChI is InChI=1S/C24H36BrClF2N4O3SSi/c1-23(2,3)35-22(33)29-11-13(12-34-37(9,10)24(4,5)6)32(7)20-14-17(27)16(26)15(25)18(28)19(14)30-21(31-20)36-8/h13H,11-12H2,1-10H3,(H,29,33)/t13-/m1/s1. The largest absolute Gasteiger partial charge is 0.444 e. The van der Waals surface area contributed by atoms with E-state index in [1.807, 2.05) is 0 Å². The first-order valence-corrected chi connectivity index (χ1v) is 17.0. The van der Waals surface area contributed by atoms with Crippen molar-refractivity contribution in [3.63, 3.8) is 0 Å². The Bertz CT molecular complexity index is 1160. The van der Waals surface area contributed by atoms with Crippen LogP contribution in [0.25, 0.3) is 10.9 Å². The summed E-state index contributed by atoms with van der Waals surface area (Å²) in [7, 11) is -0.495. The summed E-state index contributed by atoms with van der Waals surface area (Å²) in [6, 6.07) is -0.501. The van der Waals surface area contributed by atoms with E-state index in [2.05, 4.69) is 65.1 Å². The first kappa shape index (κ1) is 32.0. The fourth-order valence-electron chi connectivity index (χ4n) is 3.06. The van der Waals surface area contributed by atoms with Gasteiger partial charge in [0.25, 0.3) is 0 Å². The average Bonchev–Trinajstić information content (AvgIpc) is 2.78. The van der Waals surface area contributed by atoms with Crippen LogP contribution in [0.5, 0.6) is 0 Å². The lowest BCUT2D eigenvalue weighted by Gasteiger charge is -2.39. The number of amides is 1. The molecule has 0 unspecified atom stereocenters. The lowest BCUT2D eigenvalue weighted by Crippen LogP contribution is -2.50. The topological polar surface area (TPSA) is 76.6 Å². The molecule has 0 aliphatic rings. The summed E-state index contributed by atoms with van der Waals surface area (Å²) in [5, 5.41) is 2.41. The molecule has 2 aromatic rings. The first-order valence-electron chi connectivity index (χ1n) is 11.7. The quantitative estimate of drug-likeness (QED) is 0.106. The van der Waals surface area contributed by atoms with E-state index in [1.165, 1.54) is 11.8 Å². The average molecular weight is 642 g/mol. The highest BCUT2D eigenvalue weighted by molar-refractivity contribution is 9.10. The third-order valence-electron chi connectivity index (χ3n) is 6.26. The molecule has 7 nitrogen and oxygen atoms in total. The third-order valence-corrected chi connectivity index (χ3v) is 12.6. The number of hydrogen-bond donors (Lipinski definition) is 1. The van der Waals surface area contributed by atoms with Gasteiger partial charge in [0.1, 0.15) is 16.9 Å². The minimum Gasteiger partial charge on any atom is -0.444 e. The highest BCUT2D eigenvalue weighted by atomic mass is 79.9. The molecule has 0 aliphatic heterocycles. The van der Waals surface area contributed by atoms with Gasteiger partial charge < -0.3 is 19.4 Å². The fraction of sp³-hybridized carbons (Fsp3) is 0.625. The highest BCUT2D eigenvalue weighted by Crippen LogP contribution is 2.40. The Kier molecular flexibility index (Phi) is 10.3. The monoisotopic (exact) mass is 640 g/mol. The van der Waals surface area contributed by atoms with E-state index in [0.717, 1.165) is 0 Å². The number of rotatable bonds is 8. The zero-order chi connectivity index (χ0) is 28.5. The van der Waals surface area contributed by atoms with Crippen LogP contribution in [-0.4, -0.2) is 62.5 Å². The van der Waals surface area contributed by atoms with Crippen molar-refractivity contribution in [1.82, 2.24) is 15.3 Å². The van der Waals surface area contributed by atoms with Gasteiger partial charge in [-0.05, 0) is 61.1 Å². The molecule has 0 aliphatic carbocycles. The summed E-state index contributed by atoms with van der Waals surface area (Å²) < 4.78 is 42.2. The second-order valence-electron chi connectivity index (χ2n) is 11.2. The number of aromatic nitrogens is 2. The van der Waals surface area contributed by atoms with Gasteiger partial charge in [0.05, 0.1) is 27.5 Å². The van der Waals surface area contributed by atoms with Crippen LogP contribution in [-0.2, 0) is 9.16 Å². The van der Waals surface area contributed by atoms with Crippen molar-refractivity contribution in [2.75, 3.05) is 31.4 Å². The zero-order valence-electron chi connectivity index (χ0n) is 23.0. The smallest absolute Gasteiger partial charge is 0.407 e. The molecule has 1 aromatic heterocycles. The molecule has 1 heterocycles. The number of alkyl carbamates (subject to hydrolysis) is 1. The van der Waals surface area contributed by atoms with Crippen molar-refractivity contribution < 1.29 is 22.7 Å². The second-order valence-corrected chi connectivity index (χ2v) is 18.0. The molecule has 1 atom stereocenters. The number of carbonyl (C=O) groups is 1. The molecule has 37 heavy (non-hydrogen) atoms. The van der Waals surface area contributed by atoms with Crippen LogP contribution >= 0.6 is 39.3 Å². The lowest BCUT2D eigenvalue weighted by molar-refractivity contribution is 0.0521. The number of halogens is 4. The lowest BCUT2D eigenvalue weighted by atomic mass is 10.1. The van der Waals surface area contributed by atoms with E-state index in [4.69, 9.17) is 20.8 Å². The molecule has 0 bridgehead atoms. The van der Waals surface area contributed by atoms with Gasteiger partial charge in [-0.3, -0.25) is 0 Å². The van der Waals surface area contributed by atoms with Gasteiger partial charge in [0.2, 0.25) is 0 Å². The van der Waals surface area contributed by atoms with E-state index in [-0.39, 0.29) is 44.5 Å². The number of nitrogens with zero attached hydrogens (tertiary/aromatic N) is 3. The van der Waals surface area contributed by atoms with Gasteiger partial charge in [-0.1, -0.05) is 44.1 Å². The summed E-state index contributed by atoms with van der Waals surface area (Å²) in [5.74, 6) is -1.49. The summed E-state index contributed by atoms with van der Waals surface area (Å²) in [5.41, 5.74) is -0.872. The second kappa shape index (κ2) is 11.9. The number of likely N-dealkylation sites (N-methyl/N-ethyl adjacent to an activating group) is 1. The molecule has 1 aromatic carbocycles. The van der Waals surface area contributed by atoms with Gasteiger partial charge in [-0.2, -0.15) is 0 Å². The van der Waals surface area contributed by atoms with E-state index < -0.39 is 42.7 Å². The number of nitrogens with one attached hydrogen (secondary N) is 1. The van der Waals surface area contributed by atoms with Crippen LogP contribution in [0.15, 0.2) is 9.63 Å². The first-order chi connectivity index (χ1) is 16.8.